The van der Waals surface area contributed by atoms with E-state index in [1.807, 2.05) is 18.2 Å². The monoisotopic (exact) mass is 613 g/mol. The van der Waals surface area contributed by atoms with Crippen LogP contribution in [0.15, 0.2) is 192 Å². The highest BCUT2D eigenvalue weighted by molar-refractivity contribution is 6.14. The molecule has 0 radical (unpaired) electrons. The van der Waals surface area contributed by atoms with Gasteiger partial charge in [0.2, 0.25) is 0 Å². The van der Waals surface area contributed by atoms with E-state index in [2.05, 4.69) is 175 Å². The van der Waals surface area contributed by atoms with Gasteiger partial charge < -0.3 is 9.32 Å². The number of furan rings is 1. The van der Waals surface area contributed by atoms with Gasteiger partial charge in [0, 0.05) is 27.7 Å². The molecule has 0 amide bonds. The SMILES string of the molecule is c1ccc(-c2ccccc2-c2ccc(N(c3cccc(-c4cc5ccccc5o4)c3)c3cc4ccccc4c4ccccc34)cc2)cc1. The molecule has 8 aromatic carbocycles. The zero-order valence-corrected chi connectivity index (χ0v) is 26.3. The van der Waals surface area contributed by atoms with Crippen LogP contribution in [0.5, 0.6) is 0 Å². The van der Waals surface area contributed by atoms with Crippen molar-refractivity contribution in [3.63, 3.8) is 0 Å². The topological polar surface area (TPSA) is 16.4 Å². The summed E-state index contributed by atoms with van der Waals surface area (Å²) in [5.74, 6) is 0.856. The van der Waals surface area contributed by atoms with Crippen LogP contribution in [0.3, 0.4) is 0 Å². The fourth-order valence-electron chi connectivity index (χ4n) is 6.96. The maximum absolute atomic E-state index is 6.32. The second-order valence-electron chi connectivity index (χ2n) is 12.2. The van der Waals surface area contributed by atoms with Crippen LogP contribution in [0.2, 0.25) is 0 Å². The third-order valence-electron chi connectivity index (χ3n) is 9.25. The molecular formula is C46H31NO. The second kappa shape index (κ2) is 11.8. The molecule has 1 heterocycles. The summed E-state index contributed by atoms with van der Waals surface area (Å²) in [6, 6.07) is 66.9. The minimum atomic E-state index is 0.856. The van der Waals surface area contributed by atoms with E-state index in [0.717, 1.165) is 39.4 Å². The van der Waals surface area contributed by atoms with E-state index in [0.29, 0.717) is 0 Å². The van der Waals surface area contributed by atoms with Gasteiger partial charge in [0.05, 0.1) is 5.69 Å². The van der Waals surface area contributed by atoms with Crippen LogP contribution in [-0.4, -0.2) is 0 Å². The minimum Gasteiger partial charge on any atom is -0.456 e. The summed E-state index contributed by atoms with van der Waals surface area (Å²) in [6.45, 7) is 0. The lowest BCUT2D eigenvalue weighted by Gasteiger charge is -2.28. The summed E-state index contributed by atoms with van der Waals surface area (Å²) in [6.07, 6.45) is 0. The molecule has 9 aromatic rings. The van der Waals surface area contributed by atoms with Crippen molar-refractivity contribution < 1.29 is 4.42 Å². The second-order valence-corrected chi connectivity index (χ2v) is 12.2. The maximum Gasteiger partial charge on any atom is 0.135 e. The van der Waals surface area contributed by atoms with Gasteiger partial charge in [0.15, 0.2) is 0 Å². The molecule has 0 aliphatic carbocycles. The first-order valence-electron chi connectivity index (χ1n) is 16.3. The molecule has 0 spiro atoms. The Morgan fingerprint density at radius 2 is 0.958 bits per heavy atom. The predicted molar refractivity (Wildman–Crippen MR) is 202 cm³/mol. The summed E-state index contributed by atoms with van der Waals surface area (Å²) in [5.41, 5.74) is 10.0. The number of rotatable bonds is 6. The first kappa shape index (κ1) is 27.9. The first-order chi connectivity index (χ1) is 23.8. The molecule has 0 saturated heterocycles. The summed E-state index contributed by atoms with van der Waals surface area (Å²) < 4.78 is 6.32. The van der Waals surface area contributed by atoms with Crippen molar-refractivity contribution in [1.29, 1.82) is 0 Å². The average molecular weight is 614 g/mol. The Kier molecular flexibility index (Phi) is 6.84. The van der Waals surface area contributed by atoms with Crippen LogP contribution in [0, 0.1) is 0 Å². The number of nitrogens with zero attached hydrogens (tertiary/aromatic N) is 1. The van der Waals surface area contributed by atoms with Crippen molar-refractivity contribution in [2.45, 2.75) is 0 Å². The molecule has 2 heteroatoms. The fraction of sp³-hybridized carbons (Fsp3) is 0. The molecule has 0 saturated carbocycles. The molecule has 0 unspecified atom stereocenters. The Hall–Kier alpha value is -6.38. The Balaban J connectivity index is 1.23. The van der Waals surface area contributed by atoms with Crippen LogP contribution < -0.4 is 4.90 Å². The third-order valence-corrected chi connectivity index (χ3v) is 9.25. The van der Waals surface area contributed by atoms with E-state index in [-0.39, 0.29) is 0 Å². The highest BCUT2D eigenvalue weighted by Crippen LogP contribution is 2.44. The van der Waals surface area contributed by atoms with E-state index >= 15 is 0 Å². The van der Waals surface area contributed by atoms with Crippen molar-refractivity contribution in [3.8, 4) is 33.6 Å². The predicted octanol–water partition coefficient (Wildman–Crippen LogP) is 13.2. The van der Waals surface area contributed by atoms with Gasteiger partial charge in [-0.05, 0) is 80.9 Å². The van der Waals surface area contributed by atoms with Crippen LogP contribution in [-0.2, 0) is 0 Å². The maximum atomic E-state index is 6.32. The van der Waals surface area contributed by atoms with Crippen LogP contribution in [0.25, 0.3) is 66.1 Å². The molecule has 0 aliphatic heterocycles. The summed E-state index contributed by atoms with van der Waals surface area (Å²) >= 11 is 0. The van der Waals surface area contributed by atoms with E-state index < -0.39 is 0 Å². The number of benzene rings is 8. The average Bonchev–Trinajstić information content (AvgIpc) is 3.61. The number of fused-ring (bicyclic) bond motifs is 4. The van der Waals surface area contributed by atoms with Crippen molar-refractivity contribution in [1.82, 2.24) is 0 Å². The van der Waals surface area contributed by atoms with E-state index in [9.17, 15) is 0 Å². The number of hydrogen-bond acceptors (Lipinski definition) is 2. The zero-order valence-electron chi connectivity index (χ0n) is 26.3. The van der Waals surface area contributed by atoms with Gasteiger partial charge in [0.25, 0.3) is 0 Å². The van der Waals surface area contributed by atoms with Crippen LogP contribution in [0.4, 0.5) is 17.1 Å². The van der Waals surface area contributed by atoms with E-state index in [1.54, 1.807) is 0 Å². The van der Waals surface area contributed by atoms with Gasteiger partial charge >= 0.3 is 0 Å². The van der Waals surface area contributed by atoms with Crippen molar-refractivity contribution in [3.05, 3.63) is 188 Å². The van der Waals surface area contributed by atoms with Crippen molar-refractivity contribution in [2.24, 2.45) is 0 Å². The van der Waals surface area contributed by atoms with Crippen molar-refractivity contribution >= 4 is 49.6 Å². The van der Waals surface area contributed by atoms with Gasteiger partial charge in [-0.15, -0.1) is 0 Å². The van der Waals surface area contributed by atoms with Gasteiger partial charge in [-0.2, -0.15) is 0 Å². The smallest absolute Gasteiger partial charge is 0.135 e. The lowest BCUT2D eigenvalue weighted by Crippen LogP contribution is -2.10. The lowest BCUT2D eigenvalue weighted by molar-refractivity contribution is 0.631. The summed E-state index contributed by atoms with van der Waals surface area (Å²) in [7, 11) is 0. The molecule has 9 rings (SSSR count). The molecule has 0 bridgehead atoms. The molecule has 0 aliphatic rings. The number of hydrogen-bond donors (Lipinski definition) is 0. The van der Waals surface area contributed by atoms with Gasteiger partial charge in [-0.3, -0.25) is 0 Å². The highest BCUT2D eigenvalue weighted by atomic mass is 16.3. The largest absolute Gasteiger partial charge is 0.456 e. The zero-order chi connectivity index (χ0) is 31.9. The van der Waals surface area contributed by atoms with Crippen LogP contribution in [0.1, 0.15) is 0 Å². The molecular weight excluding hydrogens is 583 g/mol. The van der Waals surface area contributed by atoms with Crippen LogP contribution >= 0.6 is 0 Å². The van der Waals surface area contributed by atoms with Gasteiger partial charge in [0.1, 0.15) is 11.3 Å². The molecule has 0 fully saturated rings. The Bertz CT molecular complexity index is 2530. The normalized spacial score (nSPS) is 11.3. The number of anilines is 3. The Labute approximate surface area is 279 Å². The molecule has 2 nitrogen and oxygen atoms in total. The molecule has 0 atom stereocenters. The third kappa shape index (κ3) is 4.92. The lowest BCUT2D eigenvalue weighted by atomic mass is 9.94. The number of para-hydroxylation sites is 1. The fourth-order valence-corrected chi connectivity index (χ4v) is 6.96. The standard InChI is InChI=1S/C46H31NO/c1-2-13-32(14-3-1)39-19-7-8-20-40(39)33-25-27-37(28-26-33)47(44-30-34-15-4-6-21-41(34)42-22-9-10-23-43(42)44)38-18-12-17-35(29-38)46-31-36-16-5-11-24-45(36)48-46/h1-31H. The Morgan fingerprint density at radius 3 is 1.73 bits per heavy atom. The summed E-state index contributed by atoms with van der Waals surface area (Å²) in [4.78, 5) is 2.38. The Morgan fingerprint density at radius 1 is 0.354 bits per heavy atom. The molecule has 48 heavy (non-hydrogen) atoms. The summed E-state index contributed by atoms with van der Waals surface area (Å²) in [5, 5.41) is 5.99. The van der Waals surface area contributed by atoms with E-state index in [4.69, 9.17) is 4.42 Å². The highest BCUT2D eigenvalue weighted by Gasteiger charge is 2.19. The minimum absolute atomic E-state index is 0.856. The first-order valence-corrected chi connectivity index (χ1v) is 16.3. The van der Waals surface area contributed by atoms with Crippen molar-refractivity contribution in [2.75, 3.05) is 4.90 Å². The molecule has 1 aromatic heterocycles. The van der Waals surface area contributed by atoms with E-state index in [1.165, 1.54) is 43.8 Å². The molecule has 226 valence electrons. The van der Waals surface area contributed by atoms with Gasteiger partial charge in [-0.1, -0.05) is 146 Å². The van der Waals surface area contributed by atoms with Gasteiger partial charge in [-0.25, -0.2) is 0 Å². The molecule has 0 N–H and O–H groups in total. The quantitative estimate of drug-likeness (QED) is 0.174.